The molecule has 6 heteroatoms. The highest BCUT2D eigenvalue weighted by Gasteiger charge is 2.19. The molecule has 0 aliphatic carbocycles. The van der Waals surface area contributed by atoms with E-state index < -0.39 is 10.0 Å². The maximum Gasteiger partial charge on any atom is 0.252 e. The first-order chi connectivity index (χ1) is 5.98. The van der Waals surface area contributed by atoms with Crippen LogP contribution < -0.4 is 0 Å². The summed E-state index contributed by atoms with van der Waals surface area (Å²) >= 11 is 0.977. The molecule has 0 bridgehead atoms. The van der Waals surface area contributed by atoms with Crippen LogP contribution in [0.15, 0.2) is 16.3 Å². The van der Waals surface area contributed by atoms with E-state index in [9.17, 15) is 8.42 Å². The Balaban J connectivity index is 3.18. The first-order valence-corrected chi connectivity index (χ1v) is 5.66. The summed E-state index contributed by atoms with van der Waals surface area (Å²) in [6.45, 7) is 0. The van der Waals surface area contributed by atoms with E-state index in [1.165, 1.54) is 26.2 Å². The number of sulfonamides is 1. The average molecular weight is 216 g/mol. The maximum atomic E-state index is 11.5. The van der Waals surface area contributed by atoms with Gasteiger partial charge >= 0.3 is 0 Å². The van der Waals surface area contributed by atoms with Gasteiger partial charge in [0, 0.05) is 14.1 Å². The summed E-state index contributed by atoms with van der Waals surface area (Å²) < 4.78 is 24.3. The Hall–Kier alpha value is -0.900. The molecule has 0 spiro atoms. The minimum atomic E-state index is -3.37. The largest absolute Gasteiger partial charge is 0.252 e. The molecule has 1 heterocycles. The smallest absolute Gasteiger partial charge is 0.206 e. The summed E-state index contributed by atoms with van der Waals surface area (Å²) in [6.07, 6.45) is 0. The highest BCUT2D eigenvalue weighted by molar-refractivity contribution is 7.91. The Labute approximate surface area is 81.1 Å². The summed E-state index contributed by atoms with van der Waals surface area (Å²) in [7, 11) is -0.447. The van der Waals surface area contributed by atoms with Crippen molar-refractivity contribution in [2.45, 2.75) is 4.21 Å². The minimum absolute atomic E-state index is 0.203. The van der Waals surface area contributed by atoms with Crippen LogP contribution in [-0.4, -0.2) is 26.8 Å². The quantitative estimate of drug-likeness (QED) is 0.737. The van der Waals surface area contributed by atoms with E-state index in [1.54, 1.807) is 0 Å². The minimum Gasteiger partial charge on any atom is -0.206 e. The van der Waals surface area contributed by atoms with Gasteiger partial charge in [-0.05, 0) is 12.1 Å². The van der Waals surface area contributed by atoms with Crippen molar-refractivity contribution in [1.29, 1.82) is 5.26 Å². The van der Waals surface area contributed by atoms with Crippen LogP contribution in [0, 0.1) is 11.3 Å². The molecule has 0 atom stereocenters. The molecule has 0 unspecified atom stereocenters. The summed E-state index contributed by atoms with van der Waals surface area (Å²) in [5.41, 5.74) is 0. The van der Waals surface area contributed by atoms with Gasteiger partial charge in [-0.15, -0.1) is 11.3 Å². The molecule has 13 heavy (non-hydrogen) atoms. The Morgan fingerprint density at radius 1 is 1.46 bits per heavy atom. The first-order valence-electron chi connectivity index (χ1n) is 3.41. The topological polar surface area (TPSA) is 61.2 Å². The third kappa shape index (κ3) is 1.88. The molecule has 0 fully saturated rings. The van der Waals surface area contributed by atoms with E-state index in [0.717, 1.165) is 15.6 Å². The van der Waals surface area contributed by atoms with Gasteiger partial charge < -0.3 is 0 Å². The molecule has 0 saturated carbocycles. The summed E-state index contributed by atoms with van der Waals surface area (Å²) in [5, 5.41) is 8.51. The monoisotopic (exact) mass is 216 g/mol. The molecule has 0 N–H and O–H groups in total. The van der Waals surface area contributed by atoms with E-state index in [4.69, 9.17) is 5.26 Å². The van der Waals surface area contributed by atoms with Gasteiger partial charge in [-0.1, -0.05) is 0 Å². The van der Waals surface area contributed by atoms with Gasteiger partial charge in [-0.2, -0.15) is 5.26 Å². The maximum absolute atomic E-state index is 11.5. The van der Waals surface area contributed by atoms with E-state index in [-0.39, 0.29) is 4.21 Å². The summed E-state index contributed by atoms with van der Waals surface area (Å²) in [5.74, 6) is 0. The van der Waals surface area contributed by atoms with Gasteiger partial charge in [0.1, 0.15) is 15.2 Å². The molecular formula is C7H8N2O2S2. The normalized spacial score (nSPS) is 11.5. The molecule has 0 aromatic carbocycles. The van der Waals surface area contributed by atoms with E-state index in [2.05, 4.69) is 0 Å². The second kappa shape index (κ2) is 3.46. The van der Waals surface area contributed by atoms with Crippen LogP contribution in [0.25, 0.3) is 0 Å². The first kappa shape index (κ1) is 10.2. The lowest BCUT2D eigenvalue weighted by Gasteiger charge is -2.07. The summed E-state index contributed by atoms with van der Waals surface area (Å²) in [6, 6.07) is 4.84. The van der Waals surface area contributed by atoms with E-state index in [0.29, 0.717) is 4.88 Å². The highest BCUT2D eigenvalue weighted by atomic mass is 32.2. The van der Waals surface area contributed by atoms with Crippen molar-refractivity contribution in [2.75, 3.05) is 14.1 Å². The second-order valence-electron chi connectivity index (χ2n) is 2.52. The zero-order valence-corrected chi connectivity index (χ0v) is 8.82. The molecular weight excluding hydrogens is 208 g/mol. The van der Waals surface area contributed by atoms with Crippen LogP contribution in [0.3, 0.4) is 0 Å². The predicted molar refractivity (Wildman–Crippen MR) is 49.9 cm³/mol. The second-order valence-corrected chi connectivity index (χ2v) is 5.98. The highest BCUT2D eigenvalue weighted by Crippen LogP contribution is 2.22. The standard InChI is InChI=1S/C7H8N2O2S2/c1-9(2)13(10,11)7-4-3-6(5-8)12-7/h3-4H,1-2H3. The van der Waals surface area contributed by atoms with E-state index >= 15 is 0 Å². The van der Waals surface area contributed by atoms with Gasteiger partial charge in [0.25, 0.3) is 10.0 Å². The average Bonchev–Trinajstić information content (AvgIpc) is 2.51. The van der Waals surface area contributed by atoms with Crippen molar-refractivity contribution >= 4 is 21.4 Å². The SMILES string of the molecule is CN(C)S(=O)(=O)c1ccc(C#N)s1. The third-order valence-electron chi connectivity index (χ3n) is 1.43. The predicted octanol–water partition coefficient (Wildman–Crippen LogP) is 0.870. The van der Waals surface area contributed by atoms with Crippen LogP contribution in [-0.2, 0) is 10.0 Å². The van der Waals surface area contributed by atoms with Gasteiger partial charge in [0.15, 0.2) is 0 Å². The van der Waals surface area contributed by atoms with Crippen molar-refractivity contribution < 1.29 is 8.42 Å². The summed E-state index contributed by atoms with van der Waals surface area (Å²) in [4.78, 5) is 0.403. The van der Waals surface area contributed by atoms with E-state index in [1.807, 2.05) is 6.07 Å². The number of thiophene rings is 1. The number of hydrogen-bond donors (Lipinski definition) is 0. The zero-order valence-electron chi connectivity index (χ0n) is 7.18. The molecule has 4 nitrogen and oxygen atoms in total. The lowest BCUT2D eigenvalue weighted by Crippen LogP contribution is -2.21. The molecule has 1 rings (SSSR count). The Morgan fingerprint density at radius 2 is 2.08 bits per heavy atom. The lowest BCUT2D eigenvalue weighted by molar-refractivity contribution is 0.523. The number of nitrogens with zero attached hydrogens (tertiary/aromatic N) is 2. The Morgan fingerprint density at radius 3 is 2.46 bits per heavy atom. The number of rotatable bonds is 2. The molecule has 0 saturated heterocycles. The molecule has 1 aromatic rings. The Kier molecular flexibility index (Phi) is 2.71. The number of hydrogen-bond acceptors (Lipinski definition) is 4. The van der Waals surface area contributed by atoms with Gasteiger partial charge in [-0.3, -0.25) is 0 Å². The van der Waals surface area contributed by atoms with Crippen LogP contribution in [0.5, 0.6) is 0 Å². The molecule has 70 valence electrons. The molecule has 0 aliphatic heterocycles. The van der Waals surface area contributed by atoms with Gasteiger partial charge in [-0.25, -0.2) is 12.7 Å². The van der Waals surface area contributed by atoms with Gasteiger partial charge in [0.05, 0.1) is 0 Å². The Bertz CT molecular complexity index is 439. The van der Waals surface area contributed by atoms with Crippen molar-refractivity contribution in [1.82, 2.24) is 4.31 Å². The number of nitriles is 1. The van der Waals surface area contributed by atoms with Crippen molar-refractivity contribution in [3.05, 3.63) is 17.0 Å². The fourth-order valence-corrected chi connectivity index (χ4v) is 2.97. The molecule has 1 aromatic heterocycles. The molecule has 0 aliphatic rings. The lowest BCUT2D eigenvalue weighted by atomic mass is 10.5. The van der Waals surface area contributed by atoms with Crippen LogP contribution in [0.4, 0.5) is 0 Å². The molecule has 0 amide bonds. The fourth-order valence-electron chi connectivity index (χ4n) is 0.699. The van der Waals surface area contributed by atoms with Crippen LogP contribution in [0.1, 0.15) is 4.88 Å². The fraction of sp³-hybridized carbons (Fsp3) is 0.286. The van der Waals surface area contributed by atoms with Crippen molar-refractivity contribution in [3.8, 4) is 6.07 Å². The van der Waals surface area contributed by atoms with Crippen LogP contribution >= 0.6 is 11.3 Å². The van der Waals surface area contributed by atoms with Crippen molar-refractivity contribution in [2.24, 2.45) is 0 Å². The van der Waals surface area contributed by atoms with Crippen molar-refractivity contribution in [3.63, 3.8) is 0 Å². The third-order valence-corrected chi connectivity index (χ3v) is 4.70. The molecule has 0 radical (unpaired) electrons. The zero-order chi connectivity index (χ0) is 10.1. The van der Waals surface area contributed by atoms with Gasteiger partial charge in [0.2, 0.25) is 0 Å². The van der Waals surface area contributed by atoms with Crippen LogP contribution in [0.2, 0.25) is 0 Å².